The maximum atomic E-state index is 9.86. The van der Waals surface area contributed by atoms with Gasteiger partial charge in [0.15, 0.2) is 11.6 Å². The Morgan fingerprint density at radius 2 is 1.81 bits per heavy atom. The van der Waals surface area contributed by atoms with Crippen LogP contribution in [0.25, 0.3) is 5.95 Å². The molecule has 0 aromatic carbocycles. The highest BCUT2D eigenvalue weighted by molar-refractivity contribution is 5.74. The summed E-state index contributed by atoms with van der Waals surface area (Å²) in [7, 11) is 1.75. The largest absolute Gasteiger partial charge is 0.371 e. The van der Waals surface area contributed by atoms with Crippen LogP contribution in [0.5, 0.6) is 0 Å². The first-order valence-electron chi connectivity index (χ1n) is 10.2. The highest BCUT2D eigenvalue weighted by atomic mass is 15.4. The Morgan fingerprint density at radius 1 is 1.06 bits per heavy atom. The van der Waals surface area contributed by atoms with Crippen molar-refractivity contribution in [1.29, 1.82) is 10.5 Å². The van der Waals surface area contributed by atoms with E-state index in [1.165, 1.54) is 17.3 Å². The summed E-state index contributed by atoms with van der Waals surface area (Å²) in [5, 5.41) is 35.2. The van der Waals surface area contributed by atoms with Gasteiger partial charge in [0.1, 0.15) is 29.2 Å². The van der Waals surface area contributed by atoms with Crippen LogP contribution in [0.15, 0.2) is 34.9 Å². The van der Waals surface area contributed by atoms with Crippen LogP contribution in [-0.2, 0) is 0 Å². The number of nitrogens with zero attached hydrogens (tertiary/aromatic N) is 10. The lowest BCUT2D eigenvalue weighted by Gasteiger charge is -2.29. The Labute approximate surface area is 185 Å². The van der Waals surface area contributed by atoms with Crippen molar-refractivity contribution in [2.24, 2.45) is 10.2 Å². The number of nitriles is 2. The van der Waals surface area contributed by atoms with E-state index in [-0.39, 0.29) is 17.3 Å². The van der Waals surface area contributed by atoms with Crippen LogP contribution < -0.4 is 10.2 Å². The van der Waals surface area contributed by atoms with Gasteiger partial charge >= 0.3 is 0 Å². The molecule has 160 valence electrons. The number of aromatic nitrogens is 5. The first-order valence-corrected chi connectivity index (χ1v) is 10.2. The summed E-state index contributed by atoms with van der Waals surface area (Å²) in [6.45, 7) is 3.56. The summed E-state index contributed by atoms with van der Waals surface area (Å²) in [4.78, 5) is 15.2. The number of rotatable bonds is 5. The second kappa shape index (κ2) is 9.18. The lowest BCUT2D eigenvalue weighted by molar-refractivity contribution is 0.573. The molecule has 0 saturated carbocycles. The monoisotopic (exact) mass is 427 g/mol. The SMILES string of the molecule is CNc1nc(N2CCCCC2)c(C#N)c(C)c1N=Nc1c(C#N)cnn1-c1ncccn1. The molecule has 0 atom stereocenters. The van der Waals surface area contributed by atoms with Gasteiger partial charge in [0.05, 0.1) is 11.8 Å². The molecule has 0 spiro atoms. The third-order valence-corrected chi connectivity index (χ3v) is 5.25. The van der Waals surface area contributed by atoms with E-state index in [4.69, 9.17) is 4.98 Å². The van der Waals surface area contributed by atoms with Gasteiger partial charge in [0, 0.05) is 38.1 Å². The lowest BCUT2D eigenvalue weighted by Crippen LogP contribution is -2.31. The van der Waals surface area contributed by atoms with Crippen molar-refractivity contribution in [3.63, 3.8) is 0 Å². The summed E-state index contributed by atoms with van der Waals surface area (Å²) >= 11 is 0. The fourth-order valence-electron chi connectivity index (χ4n) is 3.60. The molecule has 11 nitrogen and oxygen atoms in total. The molecule has 0 amide bonds. The zero-order chi connectivity index (χ0) is 22.5. The molecular weight excluding hydrogens is 406 g/mol. The number of hydrogen-bond donors (Lipinski definition) is 1. The predicted molar refractivity (Wildman–Crippen MR) is 117 cm³/mol. The topological polar surface area (TPSA) is 144 Å². The van der Waals surface area contributed by atoms with Crippen molar-refractivity contribution >= 4 is 23.1 Å². The van der Waals surface area contributed by atoms with Crippen molar-refractivity contribution in [3.8, 4) is 18.1 Å². The van der Waals surface area contributed by atoms with Crippen LogP contribution in [0.4, 0.5) is 23.1 Å². The summed E-state index contributed by atoms with van der Waals surface area (Å²) in [6.07, 6.45) is 7.86. The van der Waals surface area contributed by atoms with Gasteiger partial charge in [0.25, 0.3) is 5.95 Å². The van der Waals surface area contributed by atoms with Crippen LogP contribution in [0.3, 0.4) is 0 Å². The summed E-state index contributed by atoms with van der Waals surface area (Å²) < 4.78 is 1.34. The smallest absolute Gasteiger partial charge is 0.252 e. The van der Waals surface area contributed by atoms with Crippen LogP contribution in [0.2, 0.25) is 0 Å². The maximum Gasteiger partial charge on any atom is 0.252 e. The van der Waals surface area contributed by atoms with E-state index in [2.05, 4.69) is 47.7 Å². The van der Waals surface area contributed by atoms with Gasteiger partial charge in [-0.25, -0.2) is 15.0 Å². The van der Waals surface area contributed by atoms with Crippen LogP contribution in [0.1, 0.15) is 36.0 Å². The first-order chi connectivity index (χ1) is 15.7. The lowest BCUT2D eigenvalue weighted by atomic mass is 10.1. The molecule has 1 aliphatic rings. The third kappa shape index (κ3) is 3.84. The van der Waals surface area contributed by atoms with E-state index in [0.717, 1.165) is 25.9 Å². The highest BCUT2D eigenvalue weighted by Crippen LogP contribution is 2.37. The average Bonchev–Trinajstić information content (AvgIpc) is 3.26. The minimum atomic E-state index is 0.193. The van der Waals surface area contributed by atoms with Gasteiger partial charge in [-0.1, -0.05) is 0 Å². The molecular formula is C21H21N11. The standard InChI is InChI=1S/C21H21N11/c1-14-16(12-23)20(31-9-4-3-5-10-31)28-18(24-2)17(14)29-30-19-15(11-22)13-27-32(19)21-25-7-6-8-26-21/h6-8,13H,3-5,9-10H2,1-2H3,(H,24,28). The Bertz CT molecular complexity index is 1230. The van der Waals surface area contributed by atoms with E-state index in [1.54, 1.807) is 25.5 Å². The molecule has 3 aromatic heterocycles. The van der Waals surface area contributed by atoms with Gasteiger partial charge in [0.2, 0.25) is 0 Å². The van der Waals surface area contributed by atoms with E-state index < -0.39 is 0 Å². The molecule has 1 saturated heterocycles. The molecule has 3 aromatic rings. The molecule has 4 heterocycles. The van der Waals surface area contributed by atoms with Gasteiger partial charge < -0.3 is 10.2 Å². The third-order valence-electron chi connectivity index (χ3n) is 5.25. The van der Waals surface area contributed by atoms with Gasteiger partial charge in [-0.3, -0.25) is 0 Å². The molecule has 1 fully saturated rings. The van der Waals surface area contributed by atoms with Crippen molar-refractivity contribution in [2.75, 3.05) is 30.4 Å². The quantitative estimate of drug-likeness (QED) is 0.609. The molecule has 32 heavy (non-hydrogen) atoms. The second-order valence-electron chi connectivity index (χ2n) is 7.20. The second-order valence-corrected chi connectivity index (χ2v) is 7.20. The van der Waals surface area contributed by atoms with Crippen molar-refractivity contribution < 1.29 is 0 Å². The van der Waals surface area contributed by atoms with Crippen LogP contribution >= 0.6 is 0 Å². The minimum absolute atomic E-state index is 0.193. The zero-order valence-electron chi connectivity index (χ0n) is 17.8. The first kappa shape index (κ1) is 20.9. The normalized spacial score (nSPS) is 13.7. The van der Waals surface area contributed by atoms with Gasteiger partial charge in [-0.15, -0.1) is 10.2 Å². The molecule has 4 rings (SSSR count). The molecule has 1 N–H and O–H groups in total. The number of anilines is 2. The van der Waals surface area contributed by atoms with Gasteiger partial charge in [-0.2, -0.15) is 20.3 Å². The minimum Gasteiger partial charge on any atom is -0.371 e. The Morgan fingerprint density at radius 3 is 2.47 bits per heavy atom. The summed E-state index contributed by atoms with van der Waals surface area (Å²) in [5.41, 5.74) is 1.79. The average molecular weight is 427 g/mol. The molecule has 1 aliphatic heterocycles. The molecule has 11 heteroatoms. The van der Waals surface area contributed by atoms with Crippen molar-refractivity contribution in [1.82, 2.24) is 24.7 Å². The van der Waals surface area contributed by atoms with E-state index in [9.17, 15) is 10.5 Å². The number of hydrogen-bond acceptors (Lipinski definition) is 10. The van der Waals surface area contributed by atoms with E-state index >= 15 is 0 Å². The van der Waals surface area contributed by atoms with E-state index in [1.807, 2.05) is 6.92 Å². The maximum absolute atomic E-state index is 9.86. The van der Waals surface area contributed by atoms with Crippen LogP contribution in [0, 0.1) is 29.6 Å². The fourth-order valence-corrected chi connectivity index (χ4v) is 3.60. The Hall–Kier alpha value is -4.38. The molecule has 0 radical (unpaired) electrons. The molecule has 0 unspecified atom stereocenters. The number of nitrogens with one attached hydrogen (secondary N) is 1. The summed E-state index contributed by atoms with van der Waals surface area (Å²) in [6, 6.07) is 6.02. The van der Waals surface area contributed by atoms with Crippen molar-refractivity contribution in [3.05, 3.63) is 41.3 Å². The fraction of sp³-hybridized carbons (Fsp3) is 0.333. The zero-order valence-corrected chi connectivity index (χ0v) is 17.8. The van der Waals surface area contributed by atoms with Crippen LogP contribution in [-0.4, -0.2) is 44.9 Å². The number of piperidine rings is 1. The van der Waals surface area contributed by atoms with Crippen molar-refractivity contribution in [2.45, 2.75) is 26.2 Å². The highest BCUT2D eigenvalue weighted by Gasteiger charge is 2.23. The predicted octanol–water partition coefficient (Wildman–Crippen LogP) is 3.56. The Balaban J connectivity index is 1.80. The molecule has 0 bridgehead atoms. The Kier molecular flexibility index (Phi) is 5.99. The number of azo groups is 1. The number of pyridine rings is 1. The summed E-state index contributed by atoms with van der Waals surface area (Å²) in [5.74, 6) is 1.63. The van der Waals surface area contributed by atoms with E-state index in [0.29, 0.717) is 28.5 Å². The van der Waals surface area contributed by atoms with Gasteiger partial charge in [-0.05, 0) is 32.3 Å². The molecule has 0 aliphatic carbocycles.